The maximum atomic E-state index is 14.4. The first-order chi connectivity index (χ1) is 32.0. The van der Waals surface area contributed by atoms with Crippen molar-refractivity contribution in [1.82, 2.24) is 40.4 Å². The number of hydrogen-bond acceptors (Lipinski definition) is 10. The smallest absolute Gasteiger partial charge is 0.407 e. The molecule has 2 fully saturated rings. The largest absolute Gasteiger partial charge is 0.488 e. The van der Waals surface area contributed by atoms with Gasteiger partial charge >= 0.3 is 12.2 Å². The molecule has 0 spiro atoms. The summed E-state index contributed by atoms with van der Waals surface area (Å²) < 4.78 is 21.8. The van der Waals surface area contributed by atoms with Crippen LogP contribution in [0, 0.1) is 17.8 Å². The van der Waals surface area contributed by atoms with Gasteiger partial charge in [-0.05, 0) is 76.6 Å². The molecule has 66 heavy (non-hydrogen) atoms. The number of H-pyrrole nitrogens is 2. The minimum atomic E-state index is -0.956. The van der Waals surface area contributed by atoms with Crippen LogP contribution in [0.2, 0.25) is 0 Å². The van der Waals surface area contributed by atoms with Crippen LogP contribution in [0.4, 0.5) is 9.59 Å². The lowest BCUT2D eigenvalue weighted by molar-refractivity contribution is -0.136. The van der Waals surface area contributed by atoms with Gasteiger partial charge in [0, 0.05) is 37.1 Å². The number of carbonyl (C=O) groups is 4. The predicted octanol–water partition coefficient (Wildman–Crippen LogP) is 7.98. The lowest BCUT2D eigenvalue weighted by Crippen LogP contribution is -2.51. The number of fused-ring (bicyclic) bond motifs is 6. The summed E-state index contributed by atoms with van der Waals surface area (Å²) in [6.07, 6.45) is 2.58. The van der Waals surface area contributed by atoms with E-state index in [1.165, 1.54) is 14.2 Å². The summed E-state index contributed by atoms with van der Waals surface area (Å²) in [5, 5.41) is 7.47. The number of benzene rings is 4. The van der Waals surface area contributed by atoms with E-state index < -0.39 is 30.3 Å². The van der Waals surface area contributed by atoms with Gasteiger partial charge < -0.3 is 49.3 Å². The van der Waals surface area contributed by atoms with E-state index in [0.717, 1.165) is 61.9 Å². The van der Waals surface area contributed by atoms with E-state index in [1.807, 2.05) is 61.3 Å². The number of rotatable bonds is 12. The molecule has 2 aromatic heterocycles. The number of amides is 4. The maximum Gasteiger partial charge on any atom is 0.407 e. The van der Waals surface area contributed by atoms with Gasteiger partial charge in [-0.1, -0.05) is 75.7 Å². The van der Waals surface area contributed by atoms with Gasteiger partial charge in [0.05, 0.1) is 55.8 Å². The quantitative estimate of drug-likeness (QED) is 0.0936. The average molecular weight is 897 g/mol. The molecule has 16 nitrogen and oxygen atoms in total. The van der Waals surface area contributed by atoms with Crippen molar-refractivity contribution in [3.05, 3.63) is 102 Å². The van der Waals surface area contributed by atoms with Crippen LogP contribution < -0.4 is 15.4 Å². The zero-order valence-corrected chi connectivity index (χ0v) is 38.1. The molecule has 9 rings (SSSR count). The molecule has 4 amide bonds. The molecule has 0 radical (unpaired) electrons. The average Bonchev–Trinajstić information content (AvgIpc) is 4.17. The first kappa shape index (κ1) is 44.3. The van der Waals surface area contributed by atoms with Crippen molar-refractivity contribution < 1.29 is 38.1 Å². The van der Waals surface area contributed by atoms with Crippen molar-refractivity contribution in [3.63, 3.8) is 0 Å². The van der Waals surface area contributed by atoms with Crippen molar-refractivity contribution in [3.8, 4) is 28.1 Å². The minimum Gasteiger partial charge on any atom is -0.488 e. The third-order valence-corrected chi connectivity index (χ3v) is 13.5. The fraction of sp³-hybridized carbons (Fsp3) is 0.400. The third-order valence-electron chi connectivity index (χ3n) is 13.5. The molecule has 344 valence electrons. The minimum absolute atomic E-state index is 0.0579. The van der Waals surface area contributed by atoms with Gasteiger partial charge in [0.15, 0.2) is 0 Å². The van der Waals surface area contributed by atoms with E-state index in [2.05, 4.69) is 63.9 Å². The Bertz CT molecular complexity index is 2790. The number of imidazole rings is 2. The van der Waals surface area contributed by atoms with Crippen LogP contribution in [0.3, 0.4) is 0 Å². The Labute approximate surface area is 382 Å². The summed E-state index contributed by atoms with van der Waals surface area (Å²) in [6.45, 7) is 7.91. The second-order valence-electron chi connectivity index (χ2n) is 17.9. The van der Waals surface area contributed by atoms with Crippen LogP contribution in [-0.2, 0) is 30.4 Å². The van der Waals surface area contributed by atoms with Gasteiger partial charge in [-0.2, -0.15) is 0 Å². The molecule has 3 aliphatic rings. The summed E-state index contributed by atoms with van der Waals surface area (Å²) in [5.74, 6) is 1.94. The number of ether oxygens (including phenoxy) is 4. The predicted molar refractivity (Wildman–Crippen MR) is 247 cm³/mol. The number of nitrogens with zero attached hydrogens (tertiary/aromatic N) is 4. The normalized spacial score (nSPS) is 20.3. The van der Waals surface area contributed by atoms with Crippen LogP contribution >= 0.6 is 0 Å². The van der Waals surface area contributed by atoms with E-state index >= 15 is 0 Å². The number of alkyl carbamates (subject to hydrolysis) is 2. The number of aromatic nitrogens is 4. The van der Waals surface area contributed by atoms with Gasteiger partial charge in [-0.15, -0.1) is 0 Å². The molecule has 2 saturated heterocycles. The van der Waals surface area contributed by atoms with Crippen LogP contribution in [0.1, 0.15) is 80.9 Å². The summed E-state index contributed by atoms with van der Waals surface area (Å²) in [7, 11) is 4.23. The molecule has 4 aromatic carbocycles. The third kappa shape index (κ3) is 8.41. The Balaban J connectivity index is 0.979. The fourth-order valence-electron chi connectivity index (χ4n) is 9.94. The Morgan fingerprint density at radius 1 is 0.848 bits per heavy atom. The molecule has 3 aliphatic heterocycles. The molecule has 0 aliphatic carbocycles. The lowest BCUT2D eigenvalue weighted by Gasteiger charge is -2.30. The SMILES string of the molecule is CC[C@H](C)C(NC(=O)OC)C(=O)N1C[C@@H](C)CC1c1ncc(-c2ccc3c(c2)COc2cc4c(ccc5nc([C@@H]6C[C@H](COC)CN6C(=O)[C@H](NC(=O)OC)c6ccccc6)[nH]c54)cc2-3)[nH]1. The van der Waals surface area contributed by atoms with Crippen LogP contribution in [0.15, 0.2) is 79.0 Å². The number of likely N-dealkylation sites (tertiary alicyclic amines) is 2. The summed E-state index contributed by atoms with van der Waals surface area (Å²) in [5.41, 5.74) is 7.11. The molecule has 16 heteroatoms. The van der Waals surface area contributed by atoms with Gasteiger partial charge in [0.2, 0.25) is 5.91 Å². The van der Waals surface area contributed by atoms with E-state index in [1.54, 1.807) is 12.0 Å². The Hall–Kier alpha value is -6.94. The molecular weight excluding hydrogens is 841 g/mol. The topological polar surface area (TPSA) is 193 Å². The van der Waals surface area contributed by atoms with E-state index in [9.17, 15) is 19.2 Å². The van der Waals surface area contributed by atoms with Crippen molar-refractivity contribution in [2.24, 2.45) is 17.8 Å². The first-order valence-corrected chi connectivity index (χ1v) is 22.6. The van der Waals surface area contributed by atoms with Gasteiger partial charge in [-0.3, -0.25) is 9.59 Å². The zero-order valence-electron chi connectivity index (χ0n) is 38.1. The second-order valence-corrected chi connectivity index (χ2v) is 17.9. The van der Waals surface area contributed by atoms with E-state index in [4.69, 9.17) is 28.9 Å². The molecule has 2 unspecified atom stereocenters. The van der Waals surface area contributed by atoms with E-state index in [-0.39, 0.29) is 35.6 Å². The standard InChI is InChI=1S/C50H56N8O8/c1-7-28(3)42(55-49(61)64-5)47(59)57-23-27(2)17-39(57)45-51-22-38(53-45)32-13-15-34-33(19-32)26-66-41-21-35-31(20-36(34)41)14-16-37-44(35)54-46(52-37)40-18-29(25-63-4)24-58(40)48(60)43(56-50(62)65-6)30-11-9-8-10-12-30/h8-16,19-22,27-29,39-40,42-43H,7,17-18,23-26H2,1-6H3,(H,51,53)(H,52,54)(H,55,61)(H,56,62)/t27-,28-,29-,39?,40-,42?,43+/m0/s1. The fourth-order valence-corrected chi connectivity index (χ4v) is 9.94. The molecule has 4 N–H and O–H groups in total. The lowest BCUT2D eigenvalue weighted by atomic mass is 9.92. The summed E-state index contributed by atoms with van der Waals surface area (Å²) in [6, 6.07) is 21.4. The molecule has 6 aromatic rings. The number of methoxy groups -OCH3 is 3. The number of carbonyl (C=O) groups excluding carboxylic acids is 4. The number of hydrogen-bond donors (Lipinski definition) is 4. The summed E-state index contributed by atoms with van der Waals surface area (Å²) in [4.78, 5) is 73.7. The van der Waals surface area contributed by atoms with E-state index in [0.29, 0.717) is 56.4 Å². The highest BCUT2D eigenvalue weighted by Gasteiger charge is 2.42. The maximum absolute atomic E-state index is 14.4. The van der Waals surface area contributed by atoms with Crippen molar-refractivity contribution in [1.29, 1.82) is 0 Å². The Morgan fingerprint density at radius 3 is 2.36 bits per heavy atom. The molecule has 0 bridgehead atoms. The van der Waals surface area contributed by atoms with Crippen LogP contribution in [0.5, 0.6) is 5.75 Å². The van der Waals surface area contributed by atoms with Gasteiger partial charge in [0.25, 0.3) is 5.91 Å². The zero-order chi connectivity index (χ0) is 46.2. The van der Waals surface area contributed by atoms with Crippen molar-refractivity contribution in [2.45, 2.75) is 70.8 Å². The molecular formula is C50H56N8O8. The van der Waals surface area contributed by atoms with Crippen molar-refractivity contribution >= 4 is 45.8 Å². The second kappa shape index (κ2) is 18.5. The highest BCUT2D eigenvalue weighted by molar-refractivity contribution is 6.07. The van der Waals surface area contributed by atoms with Crippen LogP contribution in [-0.4, -0.2) is 101 Å². The monoisotopic (exact) mass is 896 g/mol. The van der Waals surface area contributed by atoms with Crippen molar-refractivity contribution in [2.75, 3.05) is 41.0 Å². The Morgan fingerprint density at radius 2 is 1.61 bits per heavy atom. The summed E-state index contributed by atoms with van der Waals surface area (Å²) >= 11 is 0. The number of aromatic amines is 2. The highest BCUT2D eigenvalue weighted by atomic mass is 16.5. The Kier molecular flexibility index (Phi) is 12.4. The van der Waals surface area contributed by atoms with Crippen LogP contribution in [0.25, 0.3) is 44.2 Å². The molecule has 5 heterocycles. The molecule has 0 saturated carbocycles. The highest BCUT2D eigenvalue weighted by Crippen LogP contribution is 2.44. The van der Waals surface area contributed by atoms with Gasteiger partial charge in [-0.25, -0.2) is 19.6 Å². The number of nitrogens with one attached hydrogen (secondary N) is 4. The molecule has 7 atom stereocenters. The van der Waals surface area contributed by atoms with Gasteiger partial charge in [0.1, 0.15) is 36.1 Å². The first-order valence-electron chi connectivity index (χ1n) is 22.6.